The topological polar surface area (TPSA) is 83.1 Å². The van der Waals surface area contributed by atoms with Crippen molar-refractivity contribution < 1.29 is 17.9 Å². The molecular weight excluding hydrogens is 544 g/mol. The first-order valence-corrected chi connectivity index (χ1v) is 15.7. The van der Waals surface area contributed by atoms with Crippen LogP contribution in [-0.4, -0.2) is 74.9 Å². The van der Waals surface area contributed by atoms with Crippen LogP contribution >= 0.6 is 22.9 Å². The van der Waals surface area contributed by atoms with Crippen molar-refractivity contribution >= 4 is 54.2 Å². The van der Waals surface area contributed by atoms with E-state index < -0.39 is 10.0 Å². The molecule has 0 N–H and O–H groups in total. The molecule has 1 fully saturated rings. The average molecular weight is 579 g/mol. The predicted molar refractivity (Wildman–Crippen MR) is 154 cm³/mol. The van der Waals surface area contributed by atoms with Crippen LogP contribution in [0.25, 0.3) is 10.2 Å². The fraction of sp³-hybridized carbons (Fsp3) is 0.481. The fourth-order valence-corrected chi connectivity index (χ4v) is 7.25. The maximum Gasteiger partial charge on any atom is 0.253 e. The van der Waals surface area contributed by atoms with Gasteiger partial charge in [0.05, 0.1) is 21.7 Å². The van der Waals surface area contributed by atoms with Crippen LogP contribution < -0.4 is 9.64 Å². The predicted octanol–water partition coefficient (Wildman–Crippen LogP) is 5.51. The molecule has 38 heavy (non-hydrogen) atoms. The summed E-state index contributed by atoms with van der Waals surface area (Å²) in [6.07, 6.45) is 3.51. The summed E-state index contributed by atoms with van der Waals surface area (Å²) in [6, 6.07) is 10.1. The van der Waals surface area contributed by atoms with Gasteiger partial charge in [0.25, 0.3) is 5.91 Å². The number of hydrogen-bond donors (Lipinski definition) is 0. The molecule has 4 rings (SSSR count). The molecule has 1 aliphatic heterocycles. The van der Waals surface area contributed by atoms with E-state index in [9.17, 15) is 13.2 Å². The van der Waals surface area contributed by atoms with E-state index in [0.29, 0.717) is 55.6 Å². The van der Waals surface area contributed by atoms with Crippen molar-refractivity contribution in [3.8, 4) is 5.75 Å². The number of amides is 1. The van der Waals surface area contributed by atoms with Gasteiger partial charge in [-0.15, -0.1) is 0 Å². The van der Waals surface area contributed by atoms with Crippen LogP contribution in [0.1, 0.15) is 49.9 Å². The second-order valence-corrected chi connectivity index (χ2v) is 12.7. The summed E-state index contributed by atoms with van der Waals surface area (Å²) in [5.74, 6) is 0.477. The number of benzene rings is 2. The first kappa shape index (κ1) is 28.6. The number of anilines is 1. The summed E-state index contributed by atoms with van der Waals surface area (Å²) in [7, 11) is -2.01. The highest BCUT2D eigenvalue weighted by molar-refractivity contribution is 7.89. The highest BCUT2D eigenvalue weighted by atomic mass is 35.5. The SMILES string of the molecule is CCCCN(CCCC)S(=O)(=O)c1ccc(C(=O)N2CCN(c3nc4c(OC)c(Cl)ccc4s3)CC2)cc1. The maximum absolute atomic E-state index is 13.2. The zero-order valence-electron chi connectivity index (χ0n) is 22.2. The van der Waals surface area contributed by atoms with E-state index >= 15 is 0 Å². The molecule has 206 valence electrons. The van der Waals surface area contributed by atoms with Crippen molar-refractivity contribution in [2.75, 3.05) is 51.3 Å². The Morgan fingerprint density at radius 3 is 2.24 bits per heavy atom. The molecule has 1 aliphatic rings. The molecule has 8 nitrogen and oxygen atoms in total. The van der Waals surface area contributed by atoms with Crippen LogP contribution in [0.3, 0.4) is 0 Å². The third-order valence-electron chi connectivity index (χ3n) is 6.76. The molecule has 2 aromatic carbocycles. The standard InChI is InChI=1S/C27H35ClN4O4S2/c1-4-6-14-32(15-7-5-2)38(34,35)21-10-8-20(9-11-21)26(33)30-16-18-31(19-17-30)27-29-24-23(37-27)13-12-22(28)25(24)36-3/h8-13H,4-7,14-19H2,1-3H3. The molecule has 0 saturated carbocycles. The number of sulfonamides is 1. The average Bonchev–Trinajstić information content (AvgIpc) is 3.37. The molecule has 0 aliphatic carbocycles. The first-order valence-electron chi connectivity index (χ1n) is 13.1. The number of ether oxygens (including phenoxy) is 1. The van der Waals surface area contributed by atoms with Gasteiger partial charge in [0.1, 0.15) is 5.52 Å². The minimum atomic E-state index is -3.59. The number of aromatic nitrogens is 1. The maximum atomic E-state index is 13.2. The minimum absolute atomic E-state index is 0.0971. The van der Waals surface area contributed by atoms with Gasteiger partial charge in [-0.25, -0.2) is 13.4 Å². The number of halogens is 1. The van der Waals surface area contributed by atoms with Gasteiger partial charge in [-0.2, -0.15) is 4.31 Å². The lowest BCUT2D eigenvalue weighted by atomic mass is 10.2. The summed E-state index contributed by atoms with van der Waals surface area (Å²) in [5.41, 5.74) is 1.24. The van der Waals surface area contributed by atoms with Gasteiger partial charge in [-0.05, 0) is 49.2 Å². The molecule has 0 atom stereocenters. The molecule has 1 saturated heterocycles. The number of unbranched alkanes of at least 4 members (excludes halogenated alkanes) is 2. The lowest BCUT2D eigenvalue weighted by molar-refractivity contribution is 0.0746. The zero-order valence-corrected chi connectivity index (χ0v) is 24.5. The number of piperazine rings is 1. The largest absolute Gasteiger partial charge is 0.493 e. The minimum Gasteiger partial charge on any atom is -0.493 e. The quantitative estimate of drug-likeness (QED) is 0.298. The summed E-state index contributed by atoms with van der Waals surface area (Å²) >= 11 is 7.82. The molecule has 3 aromatic rings. The van der Waals surface area contributed by atoms with Crippen LogP contribution in [0.15, 0.2) is 41.3 Å². The van der Waals surface area contributed by atoms with E-state index in [1.165, 1.54) is 0 Å². The van der Waals surface area contributed by atoms with Crippen molar-refractivity contribution in [1.29, 1.82) is 0 Å². The van der Waals surface area contributed by atoms with Crippen LogP contribution in [0.5, 0.6) is 5.75 Å². The van der Waals surface area contributed by atoms with E-state index in [-0.39, 0.29) is 10.8 Å². The number of carbonyl (C=O) groups is 1. The van der Waals surface area contributed by atoms with Crippen LogP contribution in [0.4, 0.5) is 5.13 Å². The van der Waals surface area contributed by atoms with Crippen molar-refractivity contribution in [1.82, 2.24) is 14.2 Å². The molecule has 0 bridgehead atoms. The highest BCUT2D eigenvalue weighted by Crippen LogP contribution is 2.38. The normalized spacial score (nSPS) is 14.4. The Hall–Kier alpha value is -2.40. The Morgan fingerprint density at radius 1 is 1.03 bits per heavy atom. The summed E-state index contributed by atoms with van der Waals surface area (Å²) in [4.78, 5) is 22.1. The fourth-order valence-electron chi connectivity index (χ4n) is 4.49. The van der Waals surface area contributed by atoms with Crippen molar-refractivity contribution in [2.24, 2.45) is 0 Å². The number of rotatable bonds is 11. The monoisotopic (exact) mass is 578 g/mol. The molecule has 1 aromatic heterocycles. The van der Waals surface area contributed by atoms with E-state index in [1.807, 2.05) is 12.1 Å². The summed E-state index contributed by atoms with van der Waals surface area (Å²) in [6.45, 7) is 7.53. The van der Waals surface area contributed by atoms with Crippen LogP contribution in [0.2, 0.25) is 5.02 Å². The number of thiazole rings is 1. The summed E-state index contributed by atoms with van der Waals surface area (Å²) in [5, 5.41) is 1.40. The van der Waals surface area contributed by atoms with E-state index in [4.69, 9.17) is 21.3 Å². The summed E-state index contributed by atoms with van der Waals surface area (Å²) < 4.78 is 34.5. The van der Waals surface area contributed by atoms with Gasteiger partial charge in [0, 0.05) is 44.8 Å². The highest BCUT2D eigenvalue weighted by Gasteiger charge is 2.27. The molecule has 0 radical (unpaired) electrons. The van der Waals surface area contributed by atoms with Gasteiger partial charge in [0.15, 0.2) is 10.9 Å². The van der Waals surface area contributed by atoms with E-state index in [2.05, 4.69) is 18.7 Å². The molecule has 11 heteroatoms. The molecular formula is C27H35ClN4O4S2. The van der Waals surface area contributed by atoms with Gasteiger partial charge in [-0.3, -0.25) is 4.79 Å². The molecule has 0 unspecified atom stereocenters. The van der Waals surface area contributed by atoms with Crippen molar-refractivity contribution in [2.45, 2.75) is 44.4 Å². The Labute approximate surface area is 234 Å². The first-order chi connectivity index (χ1) is 18.3. The Balaban J connectivity index is 1.41. The second-order valence-electron chi connectivity index (χ2n) is 9.34. The number of methoxy groups -OCH3 is 1. The van der Waals surface area contributed by atoms with Crippen molar-refractivity contribution in [3.63, 3.8) is 0 Å². The van der Waals surface area contributed by atoms with Crippen molar-refractivity contribution in [3.05, 3.63) is 47.0 Å². The molecule has 1 amide bonds. The number of fused-ring (bicyclic) bond motifs is 1. The second kappa shape index (κ2) is 12.6. The third-order valence-corrected chi connectivity index (χ3v) is 10.0. The van der Waals surface area contributed by atoms with E-state index in [0.717, 1.165) is 41.0 Å². The number of carbonyl (C=O) groups excluding carboxylic acids is 1. The van der Waals surface area contributed by atoms with Crippen LogP contribution in [-0.2, 0) is 10.0 Å². The lowest BCUT2D eigenvalue weighted by Gasteiger charge is -2.34. The van der Waals surface area contributed by atoms with Gasteiger partial charge in [-0.1, -0.05) is 49.6 Å². The van der Waals surface area contributed by atoms with Gasteiger partial charge >= 0.3 is 0 Å². The Kier molecular flexibility index (Phi) is 9.51. The van der Waals surface area contributed by atoms with Gasteiger partial charge < -0.3 is 14.5 Å². The number of nitrogens with zero attached hydrogens (tertiary/aromatic N) is 4. The number of hydrogen-bond acceptors (Lipinski definition) is 7. The third kappa shape index (κ3) is 6.09. The Bertz CT molecular complexity index is 1350. The lowest BCUT2D eigenvalue weighted by Crippen LogP contribution is -2.48. The zero-order chi connectivity index (χ0) is 27.3. The molecule has 0 spiro atoms. The molecule has 2 heterocycles. The van der Waals surface area contributed by atoms with E-state index in [1.54, 1.807) is 51.9 Å². The Morgan fingerprint density at radius 2 is 1.66 bits per heavy atom. The van der Waals surface area contributed by atoms with Crippen LogP contribution in [0, 0.1) is 0 Å². The van der Waals surface area contributed by atoms with Gasteiger partial charge in [0.2, 0.25) is 10.0 Å². The smallest absolute Gasteiger partial charge is 0.253 e.